The third-order valence-electron chi connectivity index (χ3n) is 16.6. The zero-order valence-corrected chi connectivity index (χ0v) is 57.8. The zero-order valence-electron chi connectivity index (χ0n) is 56.3. The Hall–Kier alpha value is -9.68. The lowest BCUT2D eigenvalue weighted by atomic mass is 10.00. The number of aliphatic imine (C=N–C) groups is 1. The van der Waals surface area contributed by atoms with Gasteiger partial charge < -0.3 is 85.6 Å². The summed E-state index contributed by atoms with van der Waals surface area (Å²) in [5.41, 5.74) is 26.6. The molecule has 1 aromatic heterocycles. The van der Waals surface area contributed by atoms with Crippen molar-refractivity contribution in [2.24, 2.45) is 33.8 Å². The normalized spacial score (nSPS) is 15.4. The van der Waals surface area contributed by atoms with Crippen LogP contribution in [0.1, 0.15) is 101 Å². The average molecular weight is 1420 g/mol. The maximum atomic E-state index is 14.8. The maximum absolute atomic E-state index is 14.8. The molecular weight excluding hydrogens is 1330 g/mol. The van der Waals surface area contributed by atoms with E-state index in [0.717, 1.165) is 16.5 Å². The van der Waals surface area contributed by atoms with E-state index in [2.05, 4.69) is 57.8 Å². The Bertz CT molecular complexity index is 3670. The largest absolute Gasteiger partial charge is 0.508 e. The molecule has 100 heavy (non-hydrogen) atoms. The highest BCUT2D eigenvalue weighted by molar-refractivity contribution is 6.30. The number of aliphatic hydroxyl groups excluding tert-OH is 1. The van der Waals surface area contributed by atoms with E-state index >= 15 is 0 Å². The van der Waals surface area contributed by atoms with Crippen LogP contribution in [0, 0.1) is 5.92 Å². The molecule has 31 heteroatoms. The molecule has 5 aromatic rings. The predicted molar refractivity (Wildman–Crippen MR) is 376 cm³/mol. The van der Waals surface area contributed by atoms with Gasteiger partial charge in [0.2, 0.25) is 65.0 Å². The van der Waals surface area contributed by atoms with Gasteiger partial charge in [0.15, 0.2) is 5.96 Å². The highest BCUT2D eigenvalue weighted by Crippen LogP contribution is 2.23. The minimum absolute atomic E-state index is 0.00773. The van der Waals surface area contributed by atoms with Gasteiger partial charge in [-0.3, -0.25) is 63.0 Å². The number of benzene rings is 4. The minimum Gasteiger partial charge on any atom is -0.508 e. The van der Waals surface area contributed by atoms with Crippen LogP contribution < -0.4 is 70.8 Å². The number of carbonyl (C=O) groups excluding carboxylic acids is 11. The number of H-pyrrole nitrogens is 1. The lowest BCUT2D eigenvalue weighted by molar-refractivity contribution is -0.143. The number of likely N-dealkylation sites (tertiary alicyclic amines) is 1. The number of imide groups is 1. The molecule has 29 nitrogen and oxygen atoms in total. The number of rotatable bonds is 37. The molecular formula is C69H92Cl2N16O13. The van der Waals surface area contributed by atoms with Gasteiger partial charge in [-0.1, -0.05) is 91.6 Å². The van der Waals surface area contributed by atoms with Gasteiger partial charge >= 0.3 is 0 Å². The summed E-state index contributed by atoms with van der Waals surface area (Å²) in [5.74, 6) is -9.47. The SMILES string of the molecule is CC(=O)N[C@H](Cc1ccc(Cl)cc1)C(=O)N[C@H](Cc1ccc(Cl)cc1)C(=O)NC(=O)[C@@H](C)NC(=O)[C@@H]1CCCN1C(=O)[C@H](CCCN=C(N)N)NC(=O)[C@H](CC(C)C)NC(=O)[C@@H](CCCCN)NC(=O)[C@H](Cc1ccc(O)cc1)NC(=O)[C@H](CO)NC(=O)[C@H](N)Cc1c[nH]c2ccccc12. The third-order valence-corrected chi connectivity index (χ3v) is 17.1. The van der Waals surface area contributed by atoms with Crippen molar-refractivity contribution in [1.82, 2.24) is 57.7 Å². The number of amides is 11. The van der Waals surface area contributed by atoms with Crippen LogP contribution in [0.2, 0.25) is 10.0 Å². The fourth-order valence-corrected chi connectivity index (χ4v) is 11.6. The highest BCUT2D eigenvalue weighted by atomic mass is 35.5. The van der Waals surface area contributed by atoms with Crippen LogP contribution >= 0.6 is 23.2 Å². The predicted octanol–water partition coefficient (Wildman–Crippen LogP) is 0.551. The van der Waals surface area contributed by atoms with E-state index in [-0.39, 0.29) is 95.0 Å². The fraction of sp³-hybridized carbons (Fsp3) is 0.449. The first-order valence-electron chi connectivity index (χ1n) is 33.1. The Balaban J connectivity index is 1.15. The molecule has 10 atom stereocenters. The number of aromatic nitrogens is 1. The van der Waals surface area contributed by atoms with Crippen LogP contribution in [0.4, 0.5) is 0 Å². The molecule has 6 rings (SSSR count). The van der Waals surface area contributed by atoms with E-state index in [1.165, 1.54) is 43.0 Å². The number of unbranched alkanes of at least 4 members (excludes halogenated alkanes) is 1. The maximum Gasteiger partial charge on any atom is 0.249 e. The molecule has 1 fully saturated rings. The molecule has 1 aliphatic heterocycles. The lowest BCUT2D eigenvalue weighted by Crippen LogP contribution is -2.61. The molecule has 11 amide bonds. The summed E-state index contributed by atoms with van der Waals surface area (Å²) in [6.07, 6.45) is 2.73. The van der Waals surface area contributed by atoms with E-state index < -0.39 is 132 Å². The smallest absolute Gasteiger partial charge is 0.249 e. The molecule has 4 aromatic carbocycles. The number of nitrogens with two attached hydrogens (primary N) is 4. The van der Waals surface area contributed by atoms with Gasteiger partial charge in [-0.05, 0) is 142 Å². The van der Waals surface area contributed by atoms with Crippen molar-refractivity contribution in [3.63, 3.8) is 0 Å². The van der Waals surface area contributed by atoms with Gasteiger partial charge in [0.25, 0.3) is 0 Å². The second-order valence-electron chi connectivity index (χ2n) is 25.1. The van der Waals surface area contributed by atoms with Crippen LogP contribution in [0.3, 0.4) is 0 Å². The molecule has 0 bridgehead atoms. The zero-order chi connectivity index (χ0) is 73.2. The molecule has 540 valence electrons. The summed E-state index contributed by atoms with van der Waals surface area (Å²) in [6.45, 7) is 5.52. The molecule has 0 aliphatic carbocycles. The molecule has 0 saturated carbocycles. The number of halogens is 2. The second kappa shape index (κ2) is 39.2. The van der Waals surface area contributed by atoms with Crippen molar-refractivity contribution in [2.45, 2.75) is 165 Å². The summed E-state index contributed by atoms with van der Waals surface area (Å²) in [7, 11) is 0. The molecule has 0 unspecified atom stereocenters. The number of aromatic hydroxyl groups is 1. The molecule has 20 N–H and O–H groups in total. The number of guanidine groups is 1. The van der Waals surface area contributed by atoms with Crippen molar-refractivity contribution in [3.05, 3.63) is 136 Å². The Morgan fingerprint density at radius 1 is 0.590 bits per heavy atom. The number of phenols is 1. The van der Waals surface area contributed by atoms with Crippen LogP contribution in [0.5, 0.6) is 5.75 Å². The number of hydrogen-bond acceptors (Lipinski definition) is 16. The van der Waals surface area contributed by atoms with Crippen LogP contribution in [-0.4, -0.2) is 178 Å². The number of aliphatic hydroxyl groups is 1. The van der Waals surface area contributed by atoms with Gasteiger partial charge in [0.1, 0.15) is 60.1 Å². The summed E-state index contributed by atoms with van der Waals surface area (Å²) in [6, 6.07) is 12.8. The number of phenolic OH excluding ortho intramolecular Hbond substituents is 1. The number of fused-ring (bicyclic) bond motifs is 1. The van der Waals surface area contributed by atoms with E-state index in [9.17, 15) is 63.0 Å². The third kappa shape index (κ3) is 24.9. The first kappa shape index (κ1) is 79.3. The van der Waals surface area contributed by atoms with Crippen LogP contribution in [-0.2, 0) is 78.4 Å². The van der Waals surface area contributed by atoms with Crippen molar-refractivity contribution in [3.8, 4) is 5.75 Å². The first-order valence-corrected chi connectivity index (χ1v) is 33.9. The number of carbonyl (C=O) groups is 11. The fourth-order valence-electron chi connectivity index (χ4n) is 11.3. The van der Waals surface area contributed by atoms with Crippen molar-refractivity contribution in [1.29, 1.82) is 0 Å². The molecule has 1 aliphatic rings. The number of para-hydroxylation sites is 1. The van der Waals surface area contributed by atoms with Gasteiger partial charge in [0.05, 0.1) is 12.6 Å². The van der Waals surface area contributed by atoms with Crippen molar-refractivity contribution < 1.29 is 63.0 Å². The second-order valence-corrected chi connectivity index (χ2v) is 26.0. The van der Waals surface area contributed by atoms with E-state index in [1.807, 2.05) is 24.3 Å². The Morgan fingerprint density at radius 2 is 1.09 bits per heavy atom. The topological polar surface area (TPSA) is 472 Å². The van der Waals surface area contributed by atoms with Crippen molar-refractivity contribution >= 4 is 105 Å². The van der Waals surface area contributed by atoms with Gasteiger partial charge in [-0.15, -0.1) is 0 Å². The molecule has 0 spiro atoms. The van der Waals surface area contributed by atoms with Gasteiger partial charge in [0, 0.05) is 66.4 Å². The standard InChI is InChI=1S/C69H92Cl2N16O13/c1-38(2)31-53(82-61(93)51(13-7-8-28-72)80-64(96)55(34-43-20-26-47(90)27-21-43)84-66(98)57(37-88)85-60(92)49(73)35-44-36-77-50-12-6-5-11-48(44)50)62(94)81-52(14-9-29-76-69(74)75)68(100)87-30-10-15-58(87)67(99)78-39(3)59(91)86-65(97)56(33-42-18-24-46(71)25-19-42)83-63(95)54(79-40(4)89)32-41-16-22-45(70)23-17-41/h5-6,11-12,16-27,36,38-39,49,51-58,77,88,90H,7-10,13-15,28-35,37,72-73H2,1-4H3,(H,78,99)(H,79,89)(H,80,96)(H,81,94)(H,82,93)(H,83,95)(H,84,98)(H,85,92)(H4,74,75,76)(H,86,91,97)/t39-,49-,51-,52+,53+,54-,55+,56-,57+,58+/m1/s1. The molecule has 0 radical (unpaired) electrons. The van der Waals surface area contributed by atoms with Gasteiger partial charge in [-0.25, -0.2) is 0 Å². The lowest BCUT2D eigenvalue weighted by Gasteiger charge is -2.31. The Labute approximate surface area is 589 Å². The van der Waals surface area contributed by atoms with E-state index in [0.29, 0.717) is 46.0 Å². The summed E-state index contributed by atoms with van der Waals surface area (Å²) < 4.78 is 0. The number of nitrogens with zero attached hydrogens (tertiary/aromatic N) is 2. The molecule has 1 saturated heterocycles. The van der Waals surface area contributed by atoms with E-state index in [1.54, 1.807) is 68.6 Å². The number of nitrogens with one attached hydrogen (secondary N) is 10. The Kier molecular flexibility index (Phi) is 31.1. The summed E-state index contributed by atoms with van der Waals surface area (Å²) in [4.78, 5) is 163. The highest BCUT2D eigenvalue weighted by Gasteiger charge is 2.40. The van der Waals surface area contributed by atoms with Gasteiger partial charge in [-0.2, -0.15) is 0 Å². The Morgan fingerprint density at radius 3 is 1.66 bits per heavy atom. The minimum atomic E-state index is -1.59. The average Bonchev–Trinajstić information content (AvgIpc) is 1.62. The summed E-state index contributed by atoms with van der Waals surface area (Å²) in [5, 5.41) is 45.6. The van der Waals surface area contributed by atoms with Crippen LogP contribution in [0.25, 0.3) is 10.9 Å². The monoisotopic (exact) mass is 1420 g/mol. The number of aromatic amines is 1. The summed E-state index contributed by atoms with van der Waals surface area (Å²) >= 11 is 12.2. The van der Waals surface area contributed by atoms with Crippen LogP contribution in [0.15, 0.2) is 108 Å². The van der Waals surface area contributed by atoms with Crippen molar-refractivity contribution in [2.75, 3.05) is 26.2 Å². The quantitative estimate of drug-likeness (QED) is 0.0147. The number of hydrogen-bond donors (Lipinski definition) is 16. The van der Waals surface area contributed by atoms with E-state index in [4.69, 9.17) is 46.1 Å². The molecule has 2 heterocycles. The first-order chi connectivity index (χ1) is 47.6.